The maximum absolute atomic E-state index is 12.6. The second kappa shape index (κ2) is 7.70. The third-order valence-electron chi connectivity index (χ3n) is 4.71. The molecule has 0 spiro atoms. The molecular formula is C21H17N3O3S2. The summed E-state index contributed by atoms with van der Waals surface area (Å²) in [6, 6.07) is 16.4. The van der Waals surface area contributed by atoms with Crippen LogP contribution in [0.3, 0.4) is 0 Å². The van der Waals surface area contributed by atoms with E-state index in [0.717, 1.165) is 24.8 Å². The lowest BCUT2D eigenvalue weighted by Crippen LogP contribution is -2.14. The van der Waals surface area contributed by atoms with Crippen LogP contribution in [0.5, 0.6) is 0 Å². The standard InChI is InChI=1S/C21H17N3O3S2/c22-13-18-17-7-4-8-19(17)28-21(18)23-20(25)14-9-11-15(12-10-14)24-29(26,27)16-5-2-1-3-6-16/h1-3,5-6,9-12,24H,4,7-8H2,(H,23,25). The Morgan fingerprint density at radius 3 is 2.45 bits per heavy atom. The molecule has 2 N–H and O–H groups in total. The number of aryl methyl sites for hydroxylation is 1. The predicted molar refractivity (Wildman–Crippen MR) is 113 cm³/mol. The monoisotopic (exact) mass is 423 g/mol. The number of hydrogen-bond acceptors (Lipinski definition) is 5. The van der Waals surface area contributed by atoms with Gasteiger partial charge in [0.15, 0.2) is 0 Å². The first-order chi connectivity index (χ1) is 14.0. The van der Waals surface area contributed by atoms with E-state index in [0.29, 0.717) is 21.8 Å². The summed E-state index contributed by atoms with van der Waals surface area (Å²) in [4.78, 5) is 13.9. The number of sulfonamides is 1. The maximum atomic E-state index is 12.6. The highest BCUT2D eigenvalue weighted by molar-refractivity contribution is 7.92. The van der Waals surface area contributed by atoms with Gasteiger partial charge >= 0.3 is 0 Å². The third kappa shape index (κ3) is 3.88. The van der Waals surface area contributed by atoms with Crippen molar-refractivity contribution in [3.05, 3.63) is 76.2 Å². The number of nitrogens with one attached hydrogen (secondary N) is 2. The first kappa shape index (κ1) is 19.2. The van der Waals surface area contributed by atoms with Crippen LogP contribution in [0.2, 0.25) is 0 Å². The van der Waals surface area contributed by atoms with Gasteiger partial charge in [-0.3, -0.25) is 9.52 Å². The molecule has 4 rings (SSSR count). The van der Waals surface area contributed by atoms with E-state index in [4.69, 9.17) is 0 Å². The highest BCUT2D eigenvalue weighted by Crippen LogP contribution is 2.38. The predicted octanol–water partition coefficient (Wildman–Crippen LogP) is 4.16. The highest BCUT2D eigenvalue weighted by atomic mass is 32.2. The summed E-state index contributed by atoms with van der Waals surface area (Å²) in [5.41, 5.74) is 2.35. The summed E-state index contributed by atoms with van der Waals surface area (Å²) < 4.78 is 27.3. The number of carbonyl (C=O) groups excluding carboxylic acids is 1. The van der Waals surface area contributed by atoms with Gasteiger partial charge in [-0.25, -0.2) is 8.42 Å². The first-order valence-corrected chi connectivity index (χ1v) is 11.3. The average Bonchev–Trinajstić information content (AvgIpc) is 3.29. The molecule has 0 fully saturated rings. The topological polar surface area (TPSA) is 99.1 Å². The van der Waals surface area contributed by atoms with Crippen LogP contribution < -0.4 is 10.0 Å². The lowest BCUT2D eigenvalue weighted by atomic mass is 10.1. The van der Waals surface area contributed by atoms with Gasteiger partial charge in [0.25, 0.3) is 15.9 Å². The molecule has 1 aliphatic rings. The Kier molecular flexibility index (Phi) is 5.09. The van der Waals surface area contributed by atoms with E-state index in [1.165, 1.54) is 40.5 Å². The van der Waals surface area contributed by atoms with Crippen LogP contribution in [-0.4, -0.2) is 14.3 Å². The minimum absolute atomic E-state index is 0.164. The molecule has 8 heteroatoms. The maximum Gasteiger partial charge on any atom is 0.261 e. The van der Waals surface area contributed by atoms with Gasteiger partial charge in [-0.15, -0.1) is 11.3 Å². The Balaban J connectivity index is 1.49. The van der Waals surface area contributed by atoms with E-state index < -0.39 is 10.0 Å². The highest BCUT2D eigenvalue weighted by Gasteiger charge is 2.23. The smallest absolute Gasteiger partial charge is 0.261 e. The van der Waals surface area contributed by atoms with Crippen molar-refractivity contribution in [3.8, 4) is 6.07 Å². The summed E-state index contributed by atoms with van der Waals surface area (Å²) in [6.07, 6.45) is 2.87. The van der Waals surface area contributed by atoms with E-state index in [1.807, 2.05) is 0 Å². The van der Waals surface area contributed by atoms with Crippen LogP contribution in [0.25, 0.3) is 0 Å². The summed E-state index contributed by atoms with van der Waals surface area (Å²) in [5, 5.41) is 12.8. The summed E-state index contributed by atoms with van der Waals surface area (Å²) >= 11 is 1.46. The van der Waals surface area contributed by atoms with Gasteiger partial charge in [-0.1, -0.05) is 18.2 Å². The average molecular weight is 424 g/mol. The molecule has 0 atom stereocenters. The van der Waals surface area contributed by atoms with Crippen LogP contribution in [0.1, 0.15) is 32.8 Å². The molecule has 0 bridgehead atoms. The zero-order chi connectivity index (χ0) is 20.4. The fourth-order valence-corrected chi connectivity index (χ4v) is 5.60. The van der Waals surface area contributed by atoms with Gasteiger partial charge in [-0.2, -0.15) is 5.26 Å². The van der Waals surface area contributed by atoms with Gasteiger partial charge in [0.2, 0.25) is 0 Å². The molecule has 1 amide bonds. The molecule has 0 unspecified atom stereocenters. The van der Waals surface area contributed by atoms with Crippen LogP contribution in [0, 0.1) is 11.3 Å². The summed E-state index contributed by atoms with van der Waals surface area (Å²) in [7, 11) is -3.69. The van der Waals surface area contributed by atoms with Gasteiger partial charge in [0, 0.05) is 16.1 Å². The molecule has 1 aliphatic carbocycles. The molecule has 0 aliphatic heterocycles. The Bertz CT molecular complexity index is 1210. The largest absolute Gasteiger partial charge is 0.312 e. The molecule has 2 aromatic carbocycles. The van der Waals surface area contributed by atoms with Crippen molar-refractivity contribution in [2.24, 2.45) is 0 Å². The van der Waals surface area contributed by atoms with Crippen molar-refractivity contribution in [2.45, 2.75) is 24.2 Å². The molecule has 6 nitrogen and oxygen atoms in total. The van der Waals surface area contributed by atoms with E-state index in [-0.39, 0.29) is 10.8 Å². The molecule has 3 aromatic rings. The first-order valence-electron chi connectivity index (χ1n) is 9.02. The molecule has 0 saturated heterocycles. The molecule has 1 aromatic heterocycles. The molecule has 146 valence electrons. The minimum Gasteiger partial charge on any atom is -0.312 e. The fraction of sp³-hybridized carbons (Fsp3) is 0.143. The lowest BCUT2D eigenvalue weighted by Gasteiger charge is -2.09. The Morgan fingerprint density at radius 2 is 1.76 bits per heavy atom. The number of benzene rings is 2. The number of thiophene rings is 1. The van der Waals surface area contributed by atoms with Crippen molar-refractivity contribution >= 4 is 38.0 Å². The molecule has 1 heterocycles. The van der Waals surface area contributed by atoms with E-state index in [9.17, 15) is 18.5 Å². The number of anilines is 2. The SMILES string of the molecule is N#Cc1c(NC(=O)c2ccc(NS(=O)(=O)c3ccccc3)cc2)sc2c1CCC2. The normalized spacial score (nSPS) is 12.8. The van der Waals surface area contributed by atoms with E-state index in [1.54, 1.807) is 30.3 Å². The number of amides is 1. The second-order valence-electron chi connectivity index (χ2n) is 6.62. The van der Waals surface area contributed by atoms with Crippen LogP contribution in [0.4, 0.5) is 10.7 Å². The number of fused-ring (bicyclic) bond motifs is 1. The zero-order valence-electron chi connectivity index (χ0n) is 15.3. The van der Waals surface area contributed by atoms with Gasteiger partial charge in [-0.05, 0) is 61.2 Å². The van der Waals surface area contributed by atoms with Gasteiger partial charge in [0.05, 0.1) is 10.5 Å². The Labute approximate surface area is 172 Å². The van der Waals surface area contributed by atoms with E-state index in [2.05, 4.69) is 16.1 Å². The molecule has 0 saturated carbocycles. The number of nitrogens with zero attached hydrogens (tertiary/aromatic N) is 1. The third-order valence-corrected chi connectivity index (χ3v) is 7.32. The van der Waals surface area contributed by atoms with Crippen molar-refractivity contribution < 1.29 is 13.2 Å². The second-order valence-corrected chi connectivity index (χ2v) is 9.41. The lowest BCUT2D eigenvalue weighted by molar-refractivity contribution is 0.102. The number of rotatable bonds is 5. The Morgan fingerprint density at radius 1 is 1.03 bits per heavy atom. The molecule has 0 radical (unpaired) electrons. The number of nitriles is 1. The van der Waals surface area contributed by atoms with Crippen molar-refractivity contribution in [2.75, 3.05) is 10.0 Å². The summed E-state index contributed by atoms with van der Waals surface area (Å²) in [5.74, 6) is -0.334. The van der Waals surface area contributed by atoms with Gasteiger partial charge in [0.1, 0.15) is 11.1 Å². The van der Waals surface area contributed by atoms with Crippen LogP contribution in [0.15, 0.2) is 59.5 Å². The summed E-state index contributed by atoms with van der Waals surface area (Å²) in [6.45, 7) is 0. The quantitative estimate of drug-likeness (QED) is 0.644. The fourth-order valence-electron chi connectivity index (χ4n) is 3.29. The minimum atomic E-state index is -3.69. The van der Waals surface area contributed by atoms with Crippen LogP contribution >= 0.6 is 11.3 Å². The molecule has 29 heavy (non-hydrogen) atoms. The van der Waals surface area contributed by atoms with Crippen molar-refractivity contribution in [1.82, 2.24) is 0 Å². The molecular weight excluding hydrogens is 406 g/mol. The van der Waals surface area contributed by atoms with Gasteiger partial charge < -0.3 is 5.32 Å². The zero-order valence-corrected chi connectivity index (χ0v) is 16.9. The number of carbonyl (C=O) groups is 1. The van der Waals surface area contributed by atoms with Crippen molar-refractivity contribution in [1.29, 1.82) is 5.26 Å². The van der Waals surface area contributed by atoms with Crippen LogP contribution in [-0.2, 0) is 22.9 Å². The van der Waals surface area contributed by atoms with E-state index >= 15 is 0 Å². The Hall–Kier alpha value is -3.15. The number of hydrogen-bond donors (Lipinski definition) is 2. The van der Waals surface area contributed by atoms with Crippen molar-refractivity contribution in [3.63, 3.8) is 0 Å².